The maximum absolute atomic E-state index is 12.9. The molecule has 0 bridgehead atoms. The van der Waals surface area contributed by atoms with E-state index in [0.717, 1.165) is 12.1 Å². The Hall–Kier alpha value is -2.91. The second kappa shape index (κ2) is 6.69. The molecule has 128 valence electrons. The lowest BCUT2D eigenvalue weighted by Crippen LogP contribution is -2.18. The molecule has 2 aromatic rings. The molecule has 1 heterocycles. The van der Waals surface area contributed by atoms with Crippen LogP contribution in [0.5, 0.6) is 0 Å². The lowest BCUT2D eigenvalue weighted by Gasteiger charge is -2.13. The molecule has 0 radical (unpaired) electrons. The maximum Gasteiger partial charge on any atom is 0.418 e. The highest BCUT2D eigenvalue weighted by atomic mass is 19.4. The average Bonchev–Trinajstić information content (AvgIpc) is 2.86. The van der Waals surface area contributed by atoms with Crippen LogP contribution < -0.4 is 5.32 Å². The Morgan fingerprint density at radius 1 is 1.38 bits per heavy atom. The normalized spacial score (nSPS) is 11.3. The summed E-state index contributed by atoms with van der Waals surface area (Å²) in [5, 5.41) is 16.5. The third kappa shape index (κ3) is 4.09. The highest BCUT2D eigenvalue weighted by molar-refractivity contribution is 5.91. The van der Waals surface area contributed by atoms with Crippen molar-refractivity contribution in [2.75, 3.05) is 5.32 Å². The number of nitrogens with zero attached hydrogens (tertiary/aromatic N) is 3. The summed E-state index contributed by atoms with van der Waals surface area (Å²) in [6, 6.07) is 5.88. The van der Waals surface area contributed by atoms with Gasteiger partial charge in [-0.25, -0.2) is 0 Å². The van der Waals surface area contributed by atoms with Crippen LogP contribution in [0.1, 0.15) is 17.7 Å². The number of alkyl halides is 3. The monoisotopic (exact) mass is 342 g/mol. The van der Waals surface area contributed by atoms with Gasteiger partial charge in [0, 0.05) is 6.42 Å². The van der Waals surface area contributed by atoms with E-state index in [9.17, 15) is 28.1 Å². The fourth-order valence-corrected chi connectivity index (χ4v) is 2.07. The Kier molecular flexibility index (Phi) is 4.86. The minimum atomic E-state index is -4.58. The van der Waals surface area contributed by atoms with Gasteiger partial charge in [0.1, 0.15) is 0 Å². The number of nitrogens with one attached hydrogen (secondary N) is 1. The number of benzene rings is 1. The molecule has 1 amide bonds. The Morgan fingerprint density at radius 3 is 2.62 bits per heavy atom. The van der Waals surface area contributed by atoms with Crippen molar-refractivity contribution >= 4 is 17.4 Å². The number of amides is 1. The number of halogens is 3. The molecule has 24 heavy (non-hydrogen) atoms. The number of aromatic nitrogens is 2. The van der Waals surface area contributed by atoms with Gasteiger partial charge >= 0.3 is 12.0 Å². The first-order chi connectivity index (χ1) is 11.2. The summed E-state index contributed by atoms with van der Waals surface area (Å²) in [7, 11) is 0. The molecule has 0 fully saturated rings. The molecule has 0 aliphatic rings. The number of para-hydroxylation sites is 1. The van der Waals surface area contributed by atoms with Crippen LogP contribution in [0.2, 0.25) is 0 Å². The number of hydrogen-bond donors (Lipinski definition) is 1. The van der Waals surface area contributed by atoms with Gasteiger partial charge in [0.2, 0.25) is 5.91 Å². The number of nitro groups is 1. The van der Waals surface area contributed by atoms with E-state index in [2.05, 4.69) is 10.4 Å². The molecule has 0 aliphatic carbocycles. The van der Waals surface area contributed by atoms with Crippen molar-refractivity contribution in [2.45, 2.75) is 26.1 Å². The third-order valence-corrected chi connectivity index (χ3v) is 3.21. The van der Waals surface area contributed by atoms with Crippen molar-refractivity contribution in [3.05, 3.63) is 51.7 Å². The fourth-order valence-electron chi connectivity index (χ4n) is 2.07. The summed E-state index contributed by atoms with van der Waals surface area (Å²) in [6.07, 6.45) is -4.76. The molecule has 1 N–H and O–H groups in total. The maximum atomic E-state index is 12.9. The van der Waals surface area contributed by atoms with Crippen molar-refractivity contribution in [3.8, 4) is 0 Å². The Bertz CT molecular complexity index is 771. The molecule has 0 aliphatic heterocycles. The van der Waals surface area contributed by atoms with E-state index in [-0.39, 0.29) is 24.5 Å². The quantitative estimate of drug-likeness (QED) is 0.667. The van der Waals surface area contributed by atoms with Gasteiger partial charge in [-0.2, -0.15) is 17.9 Å². The molecular formula is C14H13F3N4O3. The number of carbonyl (C=O) groups excluding carboxylic acids is 1. The highest BCUT2D eigenvalue weighted by Crippen LogP contribution is 2.34. The van der Waals surface area contributed by atoms with Gasteiger partial charge in [-0.3, -0.25) is 4.79 Å². The minimum Gasteiger partial charge on any atom is -0.358 e. The van der Waals surface area contributed by atoms with Gasteiger partial charge in [-0.1, -0.05) is 12.1 Å². The van der Waals surface area contributed by atoms with E-state index in [1.165, 1.54) is 22.9 Å². The van der Waals surface area contributed by atoms with E-state index >= 15 is 0 Å². The topological polar surface area (TPSA) is 90.1 Å². The SMILES string of the molecule is Cc1cc([N+](=O)[O-])nn1CCC(=O)Nc1ccccc1C(F)(F)F. The van der Waals surface area contributed by atoms with Gasteiger partial charge in [0.15, 0.2) is 0 Å². The van der Waals surface area contributed by atoms with Gasteiger partial charge in [0.05, 0.1) is 34.7 Å². The van der Waals surface area contributed by atoms with E-state index < -0.39 is 22.6 Å². The summed E-state index contributed by atoms with van der Waals surface area (Å²) in [4.78, 5) is 21.8. The second-order valence-electron chi connectivity index (χ2n) is 4.97. The van der Waals surface area contributed by atoms with Gasteiger partial charge < -0.3 is 15.4 Å². The van der Waals surface area contributed by atoms with Crippen LogP contribution in [-0.4, -0.2) is 20.6 Å². The van der Waals surface area contributed by atoms with Crippen molar-refractivity contribution in [2.24, 2.45) is 0 Å². The zero-order valence-electron chi connectivity index (χ0n) is 12.5. The van der Waals surface area contributed by atoms with Crippen LogP contribution in [0.25, 0.3) is 0 Å². The van der Waals surface area contributed by atoms with Crippen LogP contribution in [0.3, 0.4) is 0 Å². The summed E-state index contributed by atoms with van der Waals surface area (Å²) < 4.78 is 39.8. The van der Waals surface area contributed by atoms with Gasteiger partial charge in [0.25, 0.3) is 0 Å². The number of rotatable bonds is 5. The molecule has 0 saturated heterocycles. The third-order valence-electron chi connectivity index (χ3n) is 3.21. The first kappa shape index (κ1) is 17.4. The minimum absolute atomic E-state index is 0.0136. The predicted octanol–water partition coefficient (Wildman–Crippen LogP) is 3.15. The van der Waals surface area contributed by atoms with E-state index in [1.54, 1.807) is 6.92 Å². The molecule has 1 aromatic carbocycles. The van der Waals surface area contributed by atoms with Crippen molar-refractivity contribution in [3.63, 3.8) is 0 Å². The van der Waals surface area contributed by atoms with Gasteiger partial charge in [-0.05, 0) is 24.0 Å². The number of anilines is 1. The Labute approximate surface area is 134 Å². The predicted molar refractivity (Wildman–Crippen MR) is 78.3 cm³/mol. The highest BCUT2D eigenvalue weighted by Gasteiger charge is 2.33. The zero-order chi connectivity index (χ0) is 17.9. The van der Waals surface area contributed by atoms with Crippen molar-refractivity contribution < 1.29 is 22.9 Å². The molecule has 0 unspecified atom stereocenters. The molecule has 1 aromatic heterocycles. The fraction of sp³-hybridized carbons (Fsp3) is 0.286. The van der Waals surface area contributed by atoms with E-state index in [4.69, 9.17) is 0 Å². The largest absolute Gasteiger partial charge is 0.418 e. The molecule has 0 spiro atoms. The molecule has 0 atom stereocenters. The molecular weight excluding hydrogens is 329 g/mol. The summed E-state index contributed by atoms with van der Waals surface area (Å²) in [6.45, 7) is 1.59. The van der Waals surface area contributed by atoms with E-state index in [1.807, 2.05) is 0 Å². The number of carbonyl (C=O) groups is 1. The molecule has 7 nitrogen and oxygen atoms in total. The summed E-state index contributed by atoms with van der Waals surface area (Å²) >= 11 is 0. The summed E-state index contributed by atoms with van der Waals surface area (Å²) in [5.74, 6) is -1.00. The van der Waals surface area contributed by atoms with Crippen LogP contribution in [-0.2, 0) is 17.5 Å². The smallest absolute Gasteiger partial charge is 0.358 e. The Morgan fingerprint density at radius 2 is 2.04 bits per heavy atom. The first-order valence-corrected chi connectivity index (χ1v) is 6.83. The second-order valence-corrected chi connectivity index (χ2v) is 4.97. The molecule has 0 saturated carbocycles. The van der Waals surface area contributed by atoms with Crippen LogP contribution in [0.4, 0.5) is 24.7 Å². The van der Waals surface area contributed by atoms with Crippen LogP contribution in [0, 0.1) is 17.0 Å². The average molecular weight is 342 g/mol. The summed E-state index contributed by atoms with van der Waals surface area (Å²) in [5.41, 5.74) is -0.799. The van der Waals surface area contributed by atoms with Crippen molar-refractivity contribution in [1.29, 1.82) is 0 Å². The Balaban J connectivity index is 2.04. The van der Waals surface area contributed by atoms with Crippen molar-refractivity contribution in [1.82, 2.24) is 9.78 Å². The van der Waals surface area contributed by atoms with Gasteiger partial charge in [-0.15, -0.1) is 0 Å². The van der Waals surface area contributed by atoms with E-state index in [0.29, 0.717) is 5.69 Å². The lowest BCUT2D eigenvalue weighted by molar-refractivity contribution is -0.389. The standard InChI is InChI=1S/C14H13F3N4O3/c1-9-8-12(21(23)24)19-20(9)7-6-13(22)18-11-5-3-2-4-10(11)14(15,16)17/h2-5,8H,6-7H2,1H3,(H,18,22). The zero-order valence-corrected chi connectivity index (χ0v) is 12.5. The number of hydrogen-bond acceptors (Lipinski definition) is 4. The molecule has 2 rings (SSSR count). The molecule has 10 heteroatoms. The number of aryl methyl sites for hydroxylation is 2. The first-order valence-electron chi connectivity index (χ1n) is 6.83. The lowest BCUT2D eigenvalue weighted by atomic mass is 10.1. The van der Waals surface area contributed by atoms with Crippen LogP contribution in [0.15, 0.2) is 30.3 Å². The van der Waals surface area contributed by atoms with Crippen LogP contribution >= 0.6 is 0 Å².